The van der Waals surface area contributed by atoms with E-state index in [2.05, 4.69) is 13.0 Å². The number of aryl methyl sites for hydroxylation is 1. The molecule has 0 spiro atoms. The highest BCUT2D eigenvalue weighted by molar-refractivity contribution is 7.18. The molecule has 4 aromatic rings. The van der Waals surface area contributed by atoms with Crippen LogP contribution in [0.2, 0.25) is 0 Å². The van der Waals surface area contributed by atoms with Crippen LogP contribution < -0.4 is 15.0 Å². The molecule has 0 aliphatic heterocycles. The van der Waals surface area contributed by atoms with Gasteiger partial charge in [0.1, 0.15) is 10.7 Å². The van der Waals surface area contributed by atoms with Gasteiger partial charge in [0.15, 0.2) is 11.5 Å². The summed E-state index contributed by atoms with van der Waals surface area (Å²) >= 11 is 1.56. The third kappa shape index (κ3) is 4.23. The number of benzene rings is 2. The van der Waals surface area contributed by atoms with Gasteiger partial charge in [-0.2, -0.15) is 5.26 Å². The molecule has 7 heteroatoms. The van der Waals surface area contributed by atoms with Gasteiger partial charge in [-0.25, -0.2) is 4.98 Å². The number of rotatable bonds is 7. The molecule has 0 radical (unpaired) electrons. The van der Waals surface area contributed by atoms with E-state index < -0.39 is 0 Å². The van der Waals surface area contributed by atoms with E-state index in [0.29, 0.717) is 41.2 Å². The van der Waals surface area contributed by atoms with E-state index in [4.69, 9.17) is 14.5 Å². The number of hydrogen-bond acceptors (Lipinski definition) is 6. The lowest BCUT2D eigenvalue weighted by Gasteiger charge is -2.14. The van der Waals surface area contributed by atoms with Gasteiger partial charge < -0.3 is 9.47 Å². The fraction of sp³-hybridized carbons (Fsp3) is 0.240. The Hall–Kier alpha value is -3.63. The molecule has 0 aliphatic carbocycles. The Labute approximate surface area is 190 Å². The van der Waals surface area contributed by atoms with Gasteiger partial charge in [-0.15, -0.1) is 11.3 Å². The lowest BCUT2D eigenvalue weighted by atomic mass is 10.1. The zero-order valence-electron chi connectivity index (χ0n) is 18.2. The summed E-state index contributed by atoms with van der Waals surface area (Å²) in [5.74, 6) is 1.95. The van der Waals surface area contributed by atoms with E-state index in [0.717, 1.165) is 27.3 Å². The minimum Gasteiger partial charge on any atom is -0.493 e. The number of methoxy groups -OCH3 is 2. The van der Waals surface area contributed by atoms with E-state index in [1.54, 1.807) is 36.2 Å². The summed E-state index contributed by atoms with van der Waals surface area (Å²) in [5.41, 5.74) is 2.34. The van der Waals surface area contributed by atoms with E-state index in [1.165, 1.54) is 0 Å². The normalized spacial score (nSPS) is 10.8. The fourth-order valence-electron chi connectivity index (χ4n) is 3.68. The molecule has 32 heavy (non-hydrogen) atoms. The van der Waals surface area contributed by atoms with Crippen LogP contribution >= 0.6 is 11.3 Å². The monoisotopic (exact) mass is 445 g/mol. The van der Waals surface area contributed by atoms with Crippen molar-refractivity contribution in [2.24, 2.45) is 0 Å². The summed E-state index contributed by atoms with van der Waals surface area (Å²) in [7, 11) is 3.20. The van der Waals surface area contributed by atoms with Crippen molar-refractivity contribution in [3.8, 4) is 17.6 Å². The van der Waals surface area contributed by atoms with Gasteiger partial charge in [-0.1, -0.05) is 25.1 Å². The Morgan fingerprint density at radius 1 is 1.06 bits per heavy atom. The third-order valence-electron chi connectivity index (χ3n) is 5.34. The summed E-state index contributed by atoms with van der Waals surface area (Å²) in [6.07, 6.45) is 1.32. The van der Waals surface area contributed by atoms with Crippen LogP contribution in [-0.4, -0.2) is 23.8 Å². The second-order valence-corrected chi connectivity index (χ2v) is 8.50. The molecule has 2 aromatic carbocycles. The molecule has 0 fully saturated rings. The highest BCUT2D eigenvalue weighted by atomic mass is 32.1. The first kappa shape index (κ1) is 21.6. The van der Waals surface area contributed by atoms with Gasteiger partial charge in [0.25, 0.3) is 5.56 Å². The van der Waals surface area contributed by atoms with Crippen molar-refractivity contribution in [1.82, 2.24) is 9.55 Å². The summed E-state index contributed by atoms with van der Waals surface area (Å²) < 4.78 is 12.5. The molecular formula is C25H23N3O3S. The maximum atomic E-state index is 13.5. The number of nitriles is 1. The summed E-state index contributed by atoms with van der Waals surface area (Å²) in [4.78, 5) is 20.2. The largest absolute Gasteiger partial charge is 0.493 e. The van der Waals surface area contributed by atoms with E-state index >= 15 is 0 Å². The van der Waals surface area contributed by atoms with Crippen molar-refractivity contribution in [3.63, 3.8) is 0 Å². The molecule has 0 aliphatic rings. The van der Waals surface area contributed by atoms with Crippen LogP contribution in [0, 0.1) is 11.3 Å². The van der Waals surface area contributed by atoms with Gasteiger partial charge in [-0.05, 0) is 47.9 Å². The molecule has 0 saturated carbocycles. The highest BCUT2D eigenvalue weighted by Gasteiger charge is 2.16. The lowest BCUT2D eigenvalue weighted by Crippen LogP contribution is -2.25. The summed E-state index contributed by atoms with van der Waals surface area (Å²) in [6, 6.07) is 17.1. The number of hydrogen-bond donors (Lipinski definition) is 0. The number of nitrogens with zero attached hydrogens (tertiary/aromatic N) is 3. The van der Waals surface area contributed by atoms with Gasteiger partial charge in [0, 0.05) is 11.3 Å². The zero-order chi connectivity index (χ0) is 22.7. The molecule has 0 saturated heterocycles. The van der Waals surface area contributed by atoms with Crippen molar-refractivity contribution in [2.75, 3.05) is 14.2 Å². The summed E-state index contributed by atoms with van der Waals surface area (Å²) in [6.45, 7) is 2.42. The predicted octanol–water partition coefficient (Wildman–Crippen LogP) is 4.55. The second-order valence-electron chi connectivity index (χ2n) is 7.38. The van der Waals surface area contributed by atoms with E-state index in [9.17, 15) is 10.1 Å². The zero-order valence-corrected chi connectivity index (χ0v) is 19.0. The molecule has 0 amide bonds. The maximum absolute atomic E-state index is 13.5. The first-order valence-corrected chi connectivity index (χ1v) is 11.1. The van der Waals surface area contributed by atoms with Crippen molar-refractivity contribution in [2.45, 2.75) is 26.3 Å². The van der Waals surface area contributed by atoms with Crippen LogP contribution in [0.5, 0.6) is 11.5 Å². The summed E-state index contributed by atoms with van der Waals surface area (Å²) in [5, 5.41) is 9.88. The van der Waals surface area contributed by atoms with Crippen molar-refractivity contribution < 1.29 is 9.47 Å². The van der Waals surface area contributed by atoms with Crippen molar-refractivity contribution in [1.29, 1.82) is 5.26 Å². The number of ether oxygens (including phenoxy) is 2. The number of thiophene rings is 1. The number of aromatic nitrogens is 2. The van der Waals surface area contributed by atoms with E-state index in [1.807, 2.05) is 42.5 Å². The molecule has 0 unspecified atom stereocenters. The van der Waals surface area contributed by atoms with Gasteiger partial charge in [-0.3, -0.25) is 9.36 Å². The average molecular weight is 446 g/mol. The van der Waals surface area contributed by atoms with Gasteiger partial charge in [0.2, 0.25) is 0 Å². The molecule has 4 rings (SSSR count). The molecule has 0 bridgehead atoms. The Bertz CT molecular complexity index is 1380. The van der Waals surface area contributed by atoms with E-state index in [-0.39, 0.29) is 5.56 Å². The smallest absolute Gasteiger partial charge is 0.262 e. The van der Waals surface area contributed by atoms with Crippen LogP contribution in [0.1, 0.15) is 34.3 Å². The molecule has 2 heterocycles. The first-order chi connectivity index (χ1) is 15.6. The molecule has 0 atom stereocenters. The quantitative estimate of drug-likeness (QED) is 0.417. The fourth-order valence-corrected chi connectivity index (χ4v) is 4.65. The minimum absolute atomic E-state index is 0.0659. The lowest BCUT2D eigenvalue weighted by molar-refractivity contribution is 0.354. The van der Waals surface area contributed by atoms with Crippen molar-refractivity contribution in [3.05, 3.63) is 86.3 Å². The minimum atomic E-state index is -0.0659. The molecular weight excluding hydrogens is 422 g/mol. The van der Waals surface area contributed by atoms with Crippen LogP contribution in [0.3, 0.4) is 0 Å². The van der Waals surface area contributed by atoms with Crippen molar-refractivity contribution >= 4 is 21.6 Å². The average Bonchev–Trinajstić information content (AvgIpc) is 3.25. The van der Waals surface area contributed by atoms with Gasteiger partial charge >= 0.3 is 0 Å². The molecule has 2 aromatic heterocycles. The maximum Gasteiger partial charge on any atom is 0.262 e. The third-order valence-corrected chi connectivity index (χ3v) is 6.51. The SMILES string of the molecule is CCc1cc2c(=O)n(Cc3cccc(C#N)c3)c(Cc3ccc(OC)c(OC)c3)nc2s1. The Balaban J connectivity index is 1.83. The van der Waals surface area contributed by atoms with Gasteiger partial charge in [0.05, 0.1) is 37.8 Å². The molecule has 0 N–H and O–H groups in total. The highest BCUT2D eigenvalue weighted by Crippen LogP contribution is 2.29. The Morgan fingerprint density at radius 2 is 1.88 bits per heavy atom. The van der Waals surface area contributed by atoms with Crippen LogP contribution in [0.15, 0.2) is 53.3 Å². The molecule has 162 valence electrons. The number of fused-ring (bicyclic) bond motifs is 1. The topological polar surface area (TPSA) is 77.1 Å². The Kier molecular flexibility index (Phi) is 6.24. The standard InChI is InChI=1S/C25H23N3O3S/c1-4-19-13-20-24(32-19)27-23(12-16-8-9-21(30-2)22(11-16)31-3)28(25(20)29)15-18-7-5-6-17(10-18)14-26/h5-11,13H,4,12,15H2,1-3H3. The van der Waals surface area contributed by atoms with Crippen LogP contribution in [0.25, 0.3) is 10.2 Å². The van der Waals surface area contributed by atoms with Crippen LogP contribution in [0.4, 0.5) is 0 Å². The predicted molar refractivity (Wildman–Crippen MR) is 126 cm³/mol. The second kappa shape index (κ2) is 9.25. The Morgan fingerprint density at radius 3 is 2.59 bits per heavy atom. The molecule has 6 nitrogen and oxygen atoms in total. The van der Waals surface area contributed by atoms with Crippen LogP contribution in [-0.2, 0) is 19.4 Å². The first-order valence-electron chi connectivity index (χ1n) is 10.3.